The van der Waals surface area contributed by atoms with Crippen LogP contribution < -0.4 is 5.73 Å². The zero-order valence-electron chi connectivity index (χ0n) is 9.23. The van der Waals surface area contributed by atoms with E-state index in [0.29, 0.717) is 6.54 Å². The summed E-state index contributed by atoms with van der Waals surface area (Å²) in [5.41, 5.74) is 8.39. The molecule has 0 amide bonds. The van der Waals surface area contributed by atoms with Crippen LogP contribution in [0.1, 0.15) is 17.2 Å². The summed E-state index contributed by atoms with van der Waals surface area (Å²) in [6.07, 6.45) is 2.05. The van der Waals surface area contributed by atoms with E-state index in [9.17, 15) is 0 Å². The van der Waals surface area contributed by atoms with E-state index in [2.05, 4.69) is 58.0 Å². The highest BCUT2D eigenvalue weighted by atomic mass is 79.9. The van der Waals surface area contributed by atoms with E-state index in [1.54, 1.807) is 0 Å². The number of rotatable bonds is 3. The van der Waals surface area contributed by atoms with Gasteiger partial charge in [-0.25, -0.2) is 0 Å². The van der Waals surface area contributed by atoms with E-state index in [-0.39, 0.29) is 5.92 Å². The van der Waals surface area contributed by atoms with Crippen molar-refractivity contribution in [3.63, 3.8) is 0 Å². The van der Waals surface area contributed by atoms with Crippen molar-refractivity contribution in [2.24, 2.45) is 12.8 Å². The molecule has 2 aromatic rings. The van der Waals surface area contributed by atoms with E-state index in [0.717, 1.165) is 4.47 Å². The highest BCUT2D eigenvalue weighted by molar-refractivity contribution is 9.10. The first kappa shape index (κ1) is 11.4. The minimum absolute atomic E-state index is 0.246. The van der Waals surface area contributed by atoms with Gasteiger partial charge in [-0.15, -0.1) is 0 Å². The van der Waals surface area contributed by atoms with Crippen molar-refractivity contribution in [1.82, 2.24) is 4.57 Å². The van der Waals surface area contributed by atoms with Gasteiger partial charge in [0, 0.05) is 35.9 Å². The predicted octanol–water partition coefficient (Wildman–Crippen LogP) is 2.88. The van der Waals surface area contributed by atoms with E-state index in [1.807, 2.05) is 12.1 Å². The van der Waals surface area contributed by atoms with Gasteiger partial charge in [0.1, 0.15) is 0 Å². The lowest BCUT2D eigenvalue weighted by atomic mass is 9.96. The maximum absolute atomic E-state index is 5.90. The van der Waals surface area contributed by atoms with Crippen LogP contribution in [0.25, 0.3) is 0 Å². The van der Waals surface area contributed by atoms with Gasteiger partial charge >= 0.3 is 0 Å². The Hall–Kier alpha value is -1.06. The van der Waals surface area contributed by atoms with Crippen molar-refractivity contribution in [2.75, 3.05) is 6.54 Å². The van der Waals surface area contributed by atoms with Gasteiger partial charge in [-0.2, -0.15) is 0 Å². The summed E-state index contributed by atoms with van der Waals surface area (Å²) >= 11 is 3.58. The lowest BCUT2D eigenvalue weighted by Gasteiger charge is -2.18. The molecule has 0 aliphatic carbocycles. The lowest BCUT2D eigenvalue weighted by Crippen LogP contribution is -2.16. The minimum atomic E-state index is 0.246. The van der Waals surface area contributed by atoms with Crippen molar-refractivity contribution in [3.05, 3.63) is 58.3 Å². The van der Waals surface area contributed by atoms with Gasteiger partial charge in [-0.3, -0.25) is 0 Å². The van der Waals surface area contributed by atoms with E-state index in [4.69, 9.17) is 5.73 Å². The van der Waals surface area contributed by atoms with Gasteiger partial charge in [-0.1, -0.05) is 34.1 Å². The molecular weight excluding hydrogens is 264 g/mol. The first-order chi connectivity index (χ1) is 7.74. The maximum Gasteiger partial charge on any atom is 0.0376 e. The molecule has 2 nitrogen and oxygen atoms in total. The third kappa shape index (κ3) is 2.06. The van der Waals surface area contributed by atoms with Crippen molar-refractivity contribution in [3.8, 4) is 0 Å². The molecule has 1 aromatic carbocycles. The summed E-state index contributed by atoms with van der Waals surface area (Å²) in [6.45, 7) is 0.612. The zero-order valence-corrected chi connectivity index (χ0v) is 10.8. The Morgan fingerprint density at radius 2 is 2.00 bits per heavy atom. The summed E-state index contributed by atoms with van der Waals surface area (Å²) in [5.74, 6) is 0.246. The molecule has 1 unspecified atom stereocenters. The van der Waals surface area contributed by atoms with Gasteiger partial charge in [0.15, 0.2) is 0 Å². The van der Waals surface area contributed by atoms with Crippen LogP contribution in [0.2, 0.25) is 0 Å². The maximum atomic E-state index is 5.90. The molecular formula is C13H15BrN2. The van der Waals surface area contributed by atoms with Gasteiger partial charge < -0.3 is 10.3 Å². The Bertz CT molecular complexity index is 476. The second-order valence-corrected chi connectivity index (χ2v) is 4.71. The number of benzene rings is 1. The van der Waals surface area contributed by atoms with Crippen LogP contribution in [0.15, 0.2) is 47.1 Å². The van der Waals surface area contributed by atoms with Gasteiger partial charge in [0.2, 0.25) is 0 Å². The molecule has 0 saturated heterocycles. The summed E-state index contributed by atoms with van der Waals surface area (Å²) in [6, 6.07) is 12.4. The molecule has 0 aliphatic rings. The fourth-order valence-electron chi connectivity index (χ4n) is 2.00. The van der Waals surface area contributed by atoms with Crippen LogP contribution in [0, 0.1) is 0 Å². The summed E-state index contributed by atoms with van der Waals surface area (Å²) in [5, 5.41) is 0. The number of hydrogen-bond acceptors (Lipinski definition) is 1. The Labute approximate surface area is 104 Å². The van der Waals surface area contributed by atoms with Crippen molar-refractivity contribution in [2.45, 2.75) is 5.92 Å². The van der Waals surface area contributed by atoms with Gasteiger partial charge in [0.25, 0.3) is 0 Å². The molecule has 2 N–H and O–H groups in total. The topological polar surface area (TPSA) is 30.9 Å². The molecule has 0 radical (unpaired) electrons. The molecule has 0 spiro atoms. The third-order valence-electron chi connectivity index (χ3n) is 2.86. The number of hydrogen-bond donors (Lipinski definition) is 1. The predicted molar refractivity (Wildman–Crippen MR) is 70.5 cm³/mol. The summed E-state index contributed by atoms with van der Waals surface area (Å²) in [4.78, 5) is 0. The molecule has 1 heterocycles. The lowest BCUT2D eigenvalue weighted by molar-refractivity contribution is 0.723. The molecule has 0 aliphatic heterocycles. The largest absolute Gasteiger partial charge is 0.354 e. The normalized spacial score (nSPS) is 12.7. The zero-order chi connectivity index (χ0) is 11.5. The average molecular weight is 279 g/mol. The molecule has 1 aromatic heterocycles. The molecule has 0 bridgehead atoms. The second kappa shape index (κ2) is 4.85. The average Bonchev–Trinajstić information content (AvgIpc) is 2.69. The van der Waals surface area contributed by atoms with Crippen LogP contribution in [-0.4, -0.2) is 11.1 Å². The van der Waals surface area contributed by atoms with Crippen LogP contribution in [0.5, 0.6) is 0 Å². The van der Waals surface area contributed by atoms with Crippen LogP contribution in [-0.2, 0) is 7.05 Å². The molecule has 2 rings (SSSR count). The smallest absolute Gasteiger partial charge is 0.0376 e. The monoisotopic (exact) mass is 278 g/mol. The number of aryl methyl sites for hydroxylation is 1. The highest BCUT2D eigenvalue weighted by Gasteiger charge is 2.16. The minimum Gasteiger partial charge on any atom is -0.354 e. The highest BCUT2D eigenvalue weighted by Crippen LogP contribution is 2.29. The fourth-order valence-corrected chi connectivity index (χ4v) is 2.56. The molecule has 84 valence electrons. The van der Waals surface area contributed by atoms with Gasteiger partial charge in [0.05, 0.1) is 0 Å². The fraction of sp³-hybridized carbons (Fsp3) is 0.231. The van der Waals surface area contributed by atoms with Crippen molar-refractivity contribution >= 4 is 15.9 Å². The Morgan fingerprint density at radius 3 is 2.56 bits per heavy atom. The molecule has 0 fully saturated rings. The number of halogens is 1. The third-order valence-corrected chi connectivity index (χ3v) is 3.58. The van der Waals surface area contributed by atoms with Gasteiger partial charge in [-0.05, 0) is 23.8 Å². The SMILES string of the molecule is Cn1cccc1C(CN)c1ccccc1Br. The summed E-state index contributed by atoms with van der Waals surface area (Å²) < 4.78 is 3.24. The second-order valence-electron chi connectivity index (χ2n) is 3.85. The number of aromatic nitrogens is 1. The van der Waals surface area contributed by atoms with Crippen molar-refractivity contribution in [1.29, 1.82) is 0 Å². The standard InChI is InChI=1S/C13H15BrN2/c1-16-8-4-7-13(16)11(9-15)10-5-2-3-6-12(10)14/h2-8,11H,9,15H2,1H3. The first-order valence-corrected chi connectivity index (χ1v) is 6.09. The van der Waals surface area contributed by atoms with Crippen LogP contribution >= 0.6 is 15.9 Å². The molecule has 3 heteroatoms. The Morgan fingerprint density at radius 1 is 1.25 bits per heavy atom. The van der Waals surface area contributed by atoms with Crippen LogP contribution in [0.3, 0.4) is 0 Å². The van der Waals surface area contributed by atoms with E-state index in [1.165, 1.54) is 11.3 Å². The summed E-state index contributed by atoms with van der Waals surface area (Å²) in [7, 11) is 2.05. The van der Waals surface area contributed by atoms with Crippen molar-refractivity contribution < 1.29 is 0 Å². The van der Waals surface area contributed by atoms with E-state index >= 15 is 0 Å². The quantitative estimate of drug-likeness (QED) is 0.920. The van der Waals surface area contributed by atoms with E-state index < -0.39 is 0 Å². The van der Waals surface area contributed by atoms with Crippen LogP contribution in [0.4, 0.5) is 0 Å². The first-order valence-electron chi connectivity index (χ1n) is 5.29. The number of nitrogens with two attached hydrogens (primary N) is 1. The Kier molecular flexibility index (Phi) is 3.46. The number of nitrogens with zero attached hydrogens (tertiary/aromatic N) is 1. The Balaban J connectivity index is 2.45. The molecule has 1 atom stereocenters. The molecule has 16 heavy (non-hydrogen) atoms. The molecule has 0 saturated carbocycles.